The van der Waals surface area contributed by atoms with Gasteiger partial charge in [-0.2, -0.15) is 0 Å². The Bertz CT molecular complexity index is 661. The lowest BCUT2D eigenvalue weighted by atomic mass is 9.69. The standard InChI is InChI=1S/C18H22N2O4/c1-19-15(21)11-20(12-16(19)22)14-7-5-6-13(10-14)18(17(23)24)8-3-2-4-9-18/h5-7,10H,2-4,8-9,11-12H2,1H3,(H,23,24). The van der Waals surface area contributed by atoms with E-state index in [2.05, 4.69) is 0 Å². The van der Waals surface area contributed by atoms with Crippen LogP contribution in [0.2, 0.25) is 0 Å². The highest BCUT2D eigenvalue weighted by Crippen LogP contribution is 2.40. The average molecular weight is 330 g/mol. The van der Waals surface area contributed by atoms with Crippen molar-refractivity contribution in [2.45, 2.75) is 37.5 Å². The van der Waals surface area contributed by atoms with Crippen LogP contribution in [0.5, 0.6) is 0 Å². The lowest BCUT2D eigenvalue weighted by Crippen LogP contribution is -2.52. The van der Waals surface area contributed by atoms with Gasteiger partial charge in [0.25, 0.3) is 0 Å². The van der Waals surface area contributed by atoms with E-state index in [1.165, 1.54) is 7.05 Å². The van der Waals surface area contributed by atoms with Crippen molar-refractivity contribution in [1.82, 2.24) is 4.90 Å². The molecule has 2 aliphatic rings. The second-order valence-corrected chi connectivity index (χ2v) is 6.70. The van der Waals surface area contributed by atoms with Crippen molar-refractivity contribution in [1.29, 1.82) is 0 Å². The molecule has 1 heterocycles. The molecule has 1 aromatic carbocycles. The Hall–Kier alpha value is -2.37. The van der Waals surface area contributed by atoms with Crippen molar-refractivity contribution >= 4 is 23.5 Å². The van der Waals surface area contributed by atoms with E-state index in [1.54, 1.807) is 4.90 Å². The Morgan fingerprint density at radius 2 is 1.71 bits per heavy atom. The predicted molar refractivity (Wildman–Crippen MR) is 88.8 cm³/mol. The summed E-state index contributed by atoms with van der Waals surface area (Å²) >= 11 is 0. The summed E-state index contributed by atoms with van der Waals surface area (Å²) in [6.45, 7) is 0.261. The maximum atomic E-state index is 12.0. The molecule has 24 heavy (non-hydrogen) atoms. The van der Waals surface area contributed by atoms with Gasteiger partial charge in [-0.05, 0) is 30.5 Å². The van der Waals surface area contributed by atoms with E-state index in [0.29, 0.717) is 12.8 Å². The van der Waals surface area contributed by atoms with Crippen molar-refractivity contribution in [2.75, 3.05) is 25.0 Å². The van der Waals surface area contributed by atoms with E-state index >= 15 is 0 Å². The van der Waals surface area contributed by atoms with Crippen LogP contribution < -0.4 is 4.90 Å². The lowest BCUT2D eigenvalue weighted by Gasteiger charge is -2.36. The Kier molecular flexibility index (Phi) is 4.30. The molecule has 0 atom stereocenters. The van der Waals surface area contributed by atoms with Crippen molar-refractivity contribution < 1.29 is 19.5 Å². The molecule has 2 fully saturated rings. The molecule has 0 aromatic heterocycles. The fourth-order valence-electron chi connectivity index (χ4n) is 3.70. The van der Waals surface area contributed by atoms with E-state index in [-0.39, 0.29) is 24.9 Å². The summed E-state index contributed by atoms with van der Waals surface area (Å²) in [5.74, 6) is -1.28. The number of rotatable bonds is 3. The van der Waals surface area contributed by atoms with E-state index < -0.39 is 11.4 Å². The first-order valence-corrected chi connectivity index (χ1v) is 8.32. The zero-order chi connectivity index (χ0) is 17.3. The summed E-state index contributed by atoms with van der Waals surface area (Å²) in [6.07, 6.45) is 4.14. The van der Waals surface area contributed by atoms with Gasteiger partial charge in [0.1, 0.15) is 0 Å². The van der Waals surface area contributed by atoms with Crippen LogP contribution in [0.1, 0.15) is 37.7 Å². The predicted octanol–water partition coefficient (Wildman–Crippen LogP) is 1.78. The molecule has 6 heteroatoms. The van der Waals surface area contributed by atoms with Crippen LogP contribution in [0.25, 0.3) is 0 Å². The highest BCUT2D eigenvalue weighted by atomic mass is 16.4. The summed E-state index contributed by atoms with van der Waals surface area (Å²) < 4.78 is 0. The molecule has 2 amide bonds. The van der Waals surface area contributed by atoms with Gasteiger partial charge in [-0.25, -0.2) is 0 Å². The fraction of sp³-hybridized carbons (Fsp3) is 0.500. The molecule has 1 aromatic rings. The van der Waals surface area contributed by atoms with Crippen LogP contribution in [-0.2, 0) is 19.8 Å². The van der Waals surface area contributed by atoms with Gasteiger partial charge in [0.15, 0.2) is 0 Å². The Labute approximate surface area is 141 Å². The van der Waals surface area contributed by atoms with Crippen LogP contribution in [-0.4, -0.2) is 47.9 Å². The third kappa shape index (κ3) is 2.77. The zero-order valence-corrected chi connectivity index (χ0v) is 13.8. The zero-order valence-electron chi connectivity index (χ0n) is 13.8. The number of carboxylic acids is 1. The number of carbonyl (C=O) groups is 3. The summed E-state index contributed by atoms with van der Waals surface area (Å²) in [6, 6.07) is 7.33. The summed E-state index contributed by atoms with van der Waals surface area (Å²) in [4.78, 5) is 38.7. The molecule has 1 aliphatic heterocycles. The SMILES string of the molecule is CN1C(=O)CN(c2cccc(C3(C(=O)O)CCCCC3)c2)CC1=O. The molecule has 1 saturated heterocycles. The topological polar surface area (TPSA) is 77.9 Å². The molecule has 1 aliphatic carbocycles. The number of likely N-dealkylation sites (N-methyl/N-ethyl adjacent to an activating group) is 1. The first kappa shape index (κ1) is 16.5. The first-order valence-electron chi connectivity index (χ1n) is 8.32. The number of benzene rings is 1. The van der Waals surface area contributed by atoms with E-state index in [0.717, 1.165) is 35.4 Å². The monoisotopic (exact) mass is 330 g/mol. The number of amides is 2. The van der Waals surface area contributed by atoms with Crippen molar-refractivity contribution in [2.24, 2.45) is 0 Å². The number of hydrogen-bond donors (Lipinski definition) is 1. The molecular weight excluding hydrogens is 308 g/mol. The number of carboxylic acid groups (broad SMARTS) is 1. The van der Waals surface area contributed by atoms with Gasteiger partial charge in [0.05, 0.1) is 18.5 Å². The minimum absolute atomic E-state index is 0.131. The van der Waals surface area contributed by atoms with E-state index in [4.69, 9.17) is 0 Å². The number of nitrogens with zero attached hydrogens (tertiary/aromatic N) is 2. The number of carbonyl (C=O) groups excluding carboxylic acids is 2. The second-order valence-electron chi connectivity index (χ2n) is 6.70. The average Bonchev–Trinajstić information content (AvgIpc) is 2.60. The largest absolute Gasteiger partial charge is 0.481 e. The van der Waals surface area contributed by atoms with Crippen LogP contribution in [0.3, 0.4) is 0 Å². The molecule has 6 nitrogen and oxygen atoms in total. The van der Waals surface area contributed by atoms with Crippen LogP contribution in [0, 0.1) is 0 Å². The van der Waals surface area contributed by atoms with Gasteiger partial charge >= 0.3 is 5.97 Å². The van der Waals surface area contributed by atoms with Gasteiger partial charge in [0, 0.05) is 12.7 Å². The molecule has 1 N–H and O–H groups in total. The third-order valence-corrected chi connectivity index (χ3v) is 5.28. The lowest BCUT2D eigenvalue weighted by molar-refractivity contribution is -0.146. The Morgan fingerprint density at radius 1 is 1.08 bits per heavy atom. The van der Waals surface area contributed by atoms with Gasteiger partial charge in [-0.3, -0.25) is 19.3 Å². The van der Waals surface area contributed by atoms with Gasteiger partial charge in [-0.15, -0.1) is 0 Å². The minimum atomic E-state index is -0.852. The van der Waals surface area contributed by atoms with Crippen LogP contribution in [0.4, 0.5) is 5.69 Å². The molecule has 1 saturated carbocycles. The molecule has 0 unspecified atom stereocenters. The number of hydrogen-bond acceptors (Lipinski definition) is 4. The fourth-order valence-corrected chi connectivity index (χ4v) is 3.70. The van der Waals surface area contributed by atoms with Gasteiger partial charge in [-0.1, -0.05) is 31.4 Å². The highest BCUT2D eigenvalue weighted by Gasteiger charge is 2.41. The van der Waals surface area contributed by atoms with Crippen molar-refractivity contribution in [3.05, 3.63) is 29.8 Å². The normalized spacial score (nSPS) is 21.0. The van der Waals surface area contributed by atoms with E-state index in [1.807, 2.05) is 24.3 Å². The smallest absolute Gasteiger partial charge is 0.314 e. The molecule has 0 spiro atoms. The summed E-state index contributed by atoms with van der Waals surface area (Å²) in [5, 5.41) is 9.83. The maximum Gasteiger partial charge on any atom is 0.314 e. The number of aliphatic carboxylic acids is 1. The molecule has 0 bridgehead atoms. The van der Waals surface area contributed by atoms with Gasteiger partial charge < -0.3 is 10.0 Å². The molecule has 128 valence electrons. The third-order valence-electron chi connectivity index (χ3n) is 5.28. The van der Waals surface area contributed by atoms with Crippen molar-refractivity contribution in [3.63, 3.8) is 0 Å². The minimum Gasteiger partial charge on any atom is -0.481 e. The number of piperazine rings is 1. The van der Waals surface area contributed by atoms with Gasteiger partial charge in [0.2, 0.25) is 11.8 Å². The summed E-state index contributed by atoms with van der Waals surface area (Å²) in [5.41, 5.74) is 0.647. The Balaban J connectivity index is 1.93. The molecular formula is C18H22N2O4. The van der Waals surface area contributed by atoms with E-state index in [9.17, 15) is 19.5 Å². The van der Waals surface area contributed by atoms with Crippen molar-refractivity contribution in [3.8, 4) is 0 Å². The molecule has 0 radical (unpaired) electrons. The quantitative estimate of drug-likeness (QED) is 0.855. The second kappa shape index (κ2) is 6.26. The number of anilines is 1. The molecule has 3 rings (SSSR count). The van der Waals surface area contributed by atoms with Crippen LogP contribution in [0.15, 0.2) is 24.3 Å². The number of imide groups is 1. The van der Waals surface area contributed by atoms with Crippen LogP contribution >= 0.6 is 0 Å². The first-order chi connectivity index (χ1) is 11.4. The summed E-state index contributed by atoms with van der Waals surface area (Å²) in [7, 11) is 1.49. The highest BCUT2D eigenvalue weighted by molar-refractivity contribution is 6.02. The Morgan fingerprint density at radius 3 is 2.29 bits per heavy atom. The maximum absolute atomic E-state index is 12.0.